The van der Waals surface area contributed by atoms with Crippen LogP contribution in [0.1, 0.15) is 26.7 Å². The number of halogens is 1. The molecule has 3 aliphatic rings. The molecule has 5 heteroatoms. The van der Waals surface area contributed by atoms with E-state index in [4.69, 9.17) is 10.5 Å². The molecule has 1 aliphatic carbocycles. The minimum Gasteiger partial charge on any atom is -0.381 e. The van der Waals surface area contributed by atoms with Gasteiger partial charge in [0.1, 0.15) is 0 Å². The van der Waals surface area contributed by atoms with Crippen LogP contribution in [0, 0.1) is 23.2 Å². The summed E-state index contributed by atoms with van der Waals surface area (Å²) in [5.41, 5.74) is 6.61. The average molecular weight is 289 g/mol. The monoisotopic (exact) mass is 288 g/mol. The van der Waals surface area contributed by atoms with E-state index in [1.165, 1.54) is 0 Å². The van der Waals surface area contributed by atoms with Gasteiger partial charge >= 0.3 is 0 Å². The van der Waals surface area contributed by atoms with Crippen LogP contribution in [0.15, 0.2) is 0 Å². The second-order valence-corrected chi connectivity index (χ2v) is 6.75. The maximum Gasteiger partial charge on any atom is 0.239 e. The highest BCUT2D eigenvalue weighted by Crippen LogP contribution is 2.61. The average Bonchev–Trinajstić information content (AvgIpc) is 2.78. The minimum atomic E-state index is -0.311. The fourth-order valence-electron chi connectivity index (χ4n) is 3.80. The predicted octanol–water partition coefficient (Wildman–Crippen LogP) is 1.28. The fourth-order valence-corrected chi connectivity index (χ4v) is 3.80. The van der Waals surface area contributed by atoms with Crippen molar-refractivity contribution < 1.29 is 9.53 Å². The van der Waals surface area contributed by atoms with Crippen molar-refractivity contribution in [2.45, 2.75) is 32.7 Å². The van der Waals surface area contributed by atoms with E-state index in [9.17, 15) is 4.79 Å². The molecule has 1 amide bonds. The van der Waals surface area contributed by atoms with Gasteiger partial charge in [-0.15, -0.1) is 12.4 Å². The number of nitrogens with two attached hydrogens (primary N) is 1. The van der Waals surface area contributed by atoms with Gasteiger partial charge in [-0.1, -0.05) is 13.8 Å². The Morgan fingerprint density at radius 1 is 1.26 bits per heavy atom. The summed E-state index contributed by atoms with van der Waals surface area (Å²) >= 11 is 0. The summed E-state index contributed by atoms with van der Waals surface area (Å²) in [7, 11) is 0. The zero-order chi connectivity index (χ0) is 12.9. The summed E-state index contributed by atoms with van der Waals surface area (Å²) in [5, 5.41) is 0. The number of likely N-dealkylation sites (tertiary alicyclic amines) is 1. The Morgan fingerprint density at radius 3 is 2.32 bits per heavy atom. The molecule has 3 fully saturated rings. The van der Waals surface area contributed by atoms with Gasteiger partial charge in [-0.3, -0.25) is 4.79 Å². The first-order chi connectivity index (χ1) is 8.51. The lowest BCUT2D eigenvalue weighted by Crippen LogP contribution is -2.49. The predicted molar refractivity (Wildman–Crippen MR) is 76.1 cm³/mol. The largest absolute Gasteiger partial charge is 0.381 e. The van der Waals surface area contributed by atoms with Crippen LogP contribution in [0.5, 0.6) is 0 Å². The molecule has 3 rings (SSSR count). The molecule has 0 bridgehead atoms. The second kappa shape index (κ2) is 5.23. The van der Waals surface area contributed by atoms with Crippen molar-refractivity contribution in [1.82, 2.24) is 4.90 Å². The van der Waals surface area contributed by atoms with E-state index in [0.29, 0.717) is 23.2 Å². The SMILES string of the molecule is CC1(C)C2CN(C(=O)C(N)C3CCOCC3)CC21.Cl. The van der Waals surface area contributed by atoms with E-state index in [1.807, 2.05) is 4.90 Å². The van der Waals surface area contributed by atoms with Crippen molar-refractivity contribution in [3.8, 4) is 0 Å². The summed E-state index contributed by atoms with van der Waals surface area (Å²) < 4.78 is 5.33. The van der Waals surface area contributed by atoms with E-state index >= 15 is 0 Å². The second-order valence-electron chi connectivity index (χ2n) is 6.75. The van der Waals surface area contributed by atoms with E-state index in [2.05, 4.69) is 13.8 Å². The first kappa shape index (κ1) is 15.1. The number of carbonyl (C=O) groups is 1. The zero-order valence-electron chi connectivity index (χ0n) is 11.8. The maximum atomic E-state index is 12.4. The lowest BCUT2D eigenvalue weighted by atomic mass is 9.91. The van der Waals surface area contributed by atoms with Gasteiger partial charge in [0.15, 0.2) is 0 Å². The molecule has 2 aliphatic heterocycles. The third kappa shape index (κ3) is 2.50. The molecule has 110 valence electrons. The van der Waals surface area contributed by atoms with Crippen LogP contribution >= 0.6 is 12.4 Å². The van der Waals surface area contributed by atoms with Crippen LogP contribution in [-0.4, -0.2) is 43.2 Å². The number of amides is 1. The Balaban J connectivity index is 0.00000133. The van der Waals surface area contributed by atoms with Gasteiger partial charge in [0.2, 0.25) is 5.91 Å². The molecule has 0 spiro atoms. The highest BCUT2D eigenvalue weighted by molar-refractivity contribution is 5.85. The lowest BCUT2D eigenvalue weighted by molar-refractivity contribution is -0.134. The molecular formula is C14H25ClN2O2. The number of fused-ring (bicyclic) bond motifs is 1. The van der Waals surface area contributed by atoms with Gasteiger partial charge in [0, 0.05) is 26.3 Å². The molecule has 19 heavy (non-hydrogen) atoms. The smallest absolute Gasteiger partial charge is 0.239 e. The van der Waals surface area contributed by atoms with Crippen LogP contribution in [-0.2, 0) is 9.53 Å². The molecule has 0 aromatic carbocycles. The van der Waals surface area contributed by atoms with Gasteiger partial charge in [0.05, 0.1) is 6.04 Å². The third-order valence-electron chi connectivity index (χ3n) is 5.49. The van der Waals surface area contributed by atoms with Crippen molar-refractivity contribution in [2.24, 2.45) is 28.9 Å². The van der Waals surface area contributed by atoms with E-state index < -0.39 is 0 Å². The van der Waals surface area contributed by atoms with Crippen molar-refractivity contribution >= 4 is 18.3 Å². The highest BCUT2D eigenvalue weighted by Gasteiger charge is 2.62. The van der Waals surface area contributed by atoms with Crippen molar-refractivity contribution in [1.29, 1.82) is 0 Å². The van der Waals surface area contributed by atoms with Gasteiger partial charge < -0.3 is 15.4 Å². The molecule has 0 aromatic heterocycles. The number of carbonyl (C=O) groups excluding carboxylic acids is 1. The van der Waals surface area contributed by atoms with Crippen molar-refractivity contribution in [3.05, 3.63) is 0 Å². The quantitative estimate of drug-likeness (QED) is 0.833. The zero-order valence-corrected chi connectivity index (χ0v) is 12.6. The molecule has 2 heterocycles. The maximum absolute atomic E-state index is 12.4. The molecule has 2 N–H and O–H groups in total. The number of nitrogens with zero attached hydrogens (tertiary/aromatic N) is 1. The topological polar surface area (TPSA) is 55.6 Å². The van der Waals surface area contributed by atoms with Crippen LogP contribution < -0.4 is 5.73 Å². The summed E-state index contributed by atoms with van der Waals surface area (Å²) in [6.07, 6.45) is 1.86. The van der Waals surface area contributed by atoms with Crippen LogP contribution in [0.25, 0.3) is 0 Å². The third-order valence-corrected chi connectivity index (χ3v) is 5.49. The molecule has 2 saturated heterocycles. The molecular weight excluding hydrogens is 264 g/mol. The number of piperidine rings is 1. The van der Waals surface area contributed by atoms with Crippen molar-refractivity contribution in [2.75, 3.05) is 26.3 Å². The summed E-state index contributed by atoms with van der Waals surface area (Å²) in [6, 6.07) is -0.311. The van der Waals surface area contributed by atoms with E-state index in [0.717, 1.165) is 39.1 Å². The summed E-state index contributed by atoms with van der Waals surface area (Å²) in [4.78, 5) is 14.4. The van der Waals surface area contributed by atoms with Crippen LogP contribution in [0.4, 0.5) is 0 Å². The Bertz CT molecular complexity index is 341. The summed E-state index contributed by atoms with van der Waals surface area (Å²) in [6.45, 7) is 7.97. The molecule has 4 nitrogen and oxygen atoms in total. The first-order valence-corrected chi connectivity index (χ1v) is 7.14. The first-order valence-electron chi connectivity index (χ1n) is 7.14. The molecule has 3 unspecified atom stereocenters. The normalized spacial score (nSPS) is 34.4. The van der Waals surface area contributed by atoms with Gasteiger partial charge in [-0.2, -0.15) is 0 Å². The Kier molecular flexibility index (Phi) is 4.15. The molecule has 1 saturated carbocycles. The van der Waals surface area contributed by atoms with E-state index in [-0.39, 0.29) is 24.4 Å². The Morgan fingerprint density at radius 2 is 1.79 bits per heavy atom. The number of hydrogen-bond acceptors (Lipinski definition) is 3. The molecule has 3 atom stereocenters. The summed E-state index contributed by atoms with van der Waals surface area (Å²) in [5.74, 6) is 1.91. The van der Waals surface area contributed by atoms with Gasteiger partial charge in [-0.05, 0) is 36.0 Å². The Hall–Kier alpha value is -0.320. The standard InChI is InChI=1S/C14H24N2O2.ClH/c1-14(2)10-7-16(8-11(10)14)13(17)12(15)9-3-5-18-6-4-9;/h9-12H,3-8,15H2,1-2H3;1H. The van der Waals surface area contributed by atoms with Crippen LogP contribution in [0.2, 0.25) is 0 Å². The molecule has 0 aromatic rings. The van der Waals surface area contributed by atoms with E-state index in [1.54, 1.807) is 0 Å². The highest BCUT2D eigenvalue weighted by atomic mass is 35.5. The molecule has 0 radical (unpaired) electrons. The van der Waals surface area contributed by atoms with Crippen molar-refractivity contribution in [3.63, 3.8) is 0 Å². The van der Waals surface area contributed by atoms with Crippen LogP contribution in [0.3, 0.4) is 0 Å². The van der Waals surface area contributed by atoms with Gasteiger partial charge in [0.25, 0.3) is 0 Å². The number of ether oxygens (including phenoxy) is 1. The Labute approximate surface area is 121 Å². The minimum absolute atomic E-state index is 0. The van der Waals surface area contributed by atoms with Gasteiger partial charge in [-0.25, -0.2) is 0 Å². The number of hydrogen-bond donors (Lipinski definition) is 1. The lowest BCUT2D eigenvalue weighted by Gasteiger charge is -2.31. The fraction of sp³-hybridized carbons (Fsp3) is 0.929. The number of rotatable bonds is 2.